The summed E-state index contributed by atoms with van der Waals surface area (Å²) >= 11 is 0. The first kappa shape index (κ1) is 9.40. The first-order valence-corrected chi connectivity index (χ1v) is 4.88. The van der Waals surface area contributed by atoms with Gasteiger partial charge in [-0.15, -0.1) is 0 Å². The van der Waals surface area contributed by atoms with Crippen LogP contribution in [0.15, 0.2) is 16.9 Å². The largest absolute Gasteiger partial charge is 0.381 e. The van der Waals surface area contributed by atoms with E-state index < -0.39 is 0 Å². The molecule has 0 N–H and O–H groups in total. The molecule has 0 amide bonds. The number of nitrogens with zero attached hydrogens (tertiary/aromatic N) is 2. The second kappa shape index (κ2) is 3.92. The summed E-state index contributed by atoms with van der Waals surface area (Å²) in [6, 6.07) is 3.31. The molecular weight excluding hydrogens is 180 g/mol. The first-order valence-electron chi connectivity index (χ1n) is 4.88. The van der Waals surface area contributed by atoms with Gasteiger partial charge in [0.15, 0.2) is 0 Å². The lowest BCUT2D eigenvalue weighted by molar-refractivity contribution is 0.181. The van der Waals surface area contributed by atoms with Crippen molar-refractivity contribution in [2.75, 3.05) is 13.2 Å². The molecule has 1 fully saturated rings. The molecule has 0 saturated carbocycles. The molecule has 14 heavy (non-hydrogen) atoms. The number of hydrogen-bond donors (Lipinski definition) is 0. The van der Waals surface area contributed by atoms with Crippen LogP contribution in [0.5, 0.6) is 0 Å². The second-order valence-electron chi connectivity index (χ2n) is 3.72. The normalized spacial score (nSPS) is 21.4. The fourth-order valence-electron chi connectivity index (χ4n) is 1.65. The van der Waals surface area contributed by atoms with Gasteiger partial charge in [-0.2, -0.15) is 5.10 Å². The summed E-state index contributed by atoms with van der Waals surface area (Å²) in [7, 11) is 0. The molecule has 1 aromatic heterocycles. The maximum absolute atomic E-state index is 11.4. The van der Waals surface area contributed by atoms with Crippen LogP contribution in [-0.2, 0) is 11.3 Å². The maximum atomic E-state index is 11.4. The predicted octanol–water partition coefficient (Wildman–Crippen LogP) is 0.588. The van der Waals surface area contributed by atoms with E-state index in [1.165, 1.54) is 4.68 Å². The number of rotatable bonds is 2. The summed E-state index contributed by atoms with van der Waals surface area (Å²) in [4.78, 5) is 11.4. The first-order chi connectivity index (χ1) is 6.75. The van der Waals surface area contributed by atoms with Gasteiger partial charge in [-0.3, -0.25) is 4.79 Å². The zero-order valence-electron chi connectivity index (χ0n) is 8.27. The number of hydrogen-bond acceptors (Lipinski definition) is 3. The van der Waals surface area contributed by atoms with Gasteiger partial charge in [0.2, 0.25) is 0 Å². The maximum Gasteiger partial charge on any atom is 0.266 e. The van der Waals surface area contributed by atoms with Crippen LogP contribution in [0.3, 0.4) is 0 Å². The molecule has 2 rings (SSSR count). The van der Waals surface area contributed by atoms with Crippen molar-refractivity contribution in [3.05, 3.63) is 28.2 Å². The Balaban J connectivity index is 2.15. The summed E-state index contributed by atoms with van der Waals surface area (Å²) in [6.45, 7) is 4.13. The number of ether oxygens (including phenoxy) is 1. The van der Waals surface area contributed by atoms with E-state index in [-0.39, 0.29) is 5.56 Å². The van der Waals surface area contributed by atoms with Crippen molar-refractivity contribution < 1.29 is 4.74 Å². The van der Waals surface area contributed by atoms with Crippen LogP contribution in [-0.4, -0.2) is 23.0 Å². The van der Waals surface area contributed by atoms with E-state index in [1.807, 2.05) is 6.92 Å². The molecule has 4 nitrogen and oxygen atoms in total. The highest BCUT2D eigenvalue weighted by molar-refractivity contribution is 4.97. The molecule has 76 valence electrons. The Hall–Kier alpha value is -1.16. The third-order valence-electron chi connectivity index (χ3n) is 2.46. The molecule has 1 aliphatic heterocycles. The van der Waals surface area contributed by atoms with Gasteiger partial charge >= 0.3 is 0 Å². The molecule has 0 aliphatic carbocycles. The Kier molecular flexibility index (Phi) is 2.63. The summed E-state index contributed by atoms with van der Waals surface area (Å²) in [6.07, 6.45) is 1.03. The quantitative estimate of drug-likeness (QED) is 0.692. The molecule has 1 aromatic rings. The summed E-state index contributed by atoms with van der Waals surface area (Å²) in [5.74, 6) is 0.446. The fourth-order valence-corrected chi connectivity index (χ4v) is 1.65. The third kappa shape index (κ3) is 2.01. The van der Waals surface area contributed by atoms with Gasteiger partial charge in [-0.05, 0) is 19.4 Å². The highest BCUT2D eigenvalue weighted by atomic mass is 16.5. The van der Waals surface area contributed by atoms with Gasteiger partial charge in [0.05, 0.1) is 12.3 Å². The third-order valence-corrected chi connectivity index (χ3v) is 2.46. The Labute approximate surface area is 82.5 Å². The van der Waals surface area contributed by atoms with Crippen molar-refractivity contribution in [3.63, 3.8) is 0 Å². The van der Waals surface area contributed by atoms with Crippen molar-refractivity contribution in [2.45, 2.75) is 19.9 Å². The van der Waals surface area contributed by atoms with Crippen LogP contribution >= 0.6 is 0 Å². The monoisotopic (exact) mass is 194 g/mol. The molecule has 0 radical (unpaired) electrons. The van der Waals surface area contributed by atoms with Crippen LogP contribution < -0.4 is 5.56 Å². The zero-order chi connectivity index (χ0) is 9.97. The predicted molar refractivity (Wildman–Crippen MR) is 52.2 cm³/mol. The zero-order valence-corrected chi connectivity index (χ0v) is 8.27. The number of aryl methyl sites for hydroxylation is 1. The van der Waals surface area contributed by atoms with Crippen LogP contribution in [0, 0.1) is 12.8 Å². The van der Waals surface area contributed by atoms with Gasteiger partial charge in [0.1, 0.15) is 0 Å². The van der Waals surface area contributed by atoms with Crippen LogP contribution in [0.25, 0.3) is 0 Å². The van der Waals surface area contributed by atoms with Crippen molar-refractivity contribution in [2.24, 2.45) is 5.92 Å². The fraction of sp³-hybridized carbons (Fsp3) is 0.600. The van der Waals surface area contributed by atoms with Gasteiger partial charge in [0.25, 0.3) is 5.56 Å². The number of aromatic nitrogens is 2. The van der Waals surface area contributed by atoms with Crippen molar-refractivity contribution in [1.82, 2.24) is 9.78 Å². The molecule has 1 aliphatic rings. The topological polar surface area (TPSA) is 44.1 Å². The van der Waals surface area contributed by atoms with E-state index in [2.05, 4.69) is 5.10 Å². The minimum atomic E-state index is -0.0255. The van der Waals surface area contributed by atoms with E-state index >= 15 is 0 Å². The second-order valence-corrected chi connectivity index (χ2v) is 3.72. The van der Waals surface area contributed by atoms with Crippen molar-refractivity contribution in [3.8, 4) is 0 Å². The average molecular weight is 194 g/mol. The summed E-state index contributed by atoms with van der Waals surface area (Å²) in [5, 5.41) is 4.18. The molecule has 0 spiro atoms. The van der Waals surface area contributed by atoms with Gasteiger partial charge < -0.3 is 4.74 Å². The van der Waals surface area contributed by atoms with Crippen LogP contribution in [0.1, 0.15) is 12.1 Å². The molecule has 4 heteroatoms. The highest BCUT2D eigenvalue weighted by Gasteiger charge is 2.16. The summed E-state index contributed by atoms with van der Waals surface area (Å²) in [5.41, 5.74) is 0.853. The minimum absolute atomic E-state index is 0.0255. The molecule has 1 saturated heterocycles. The van der Waals surface area contributed by atoms with Crippen LogP contribution in [0.2, 0.25) is 0 Å². The standard InChI is InChI=1S/C10H14N2O2/c1-8-2-3-10(13)12(11-8)6-9-4-5-14-7-9/h2-3,9H,4-7H2,1H3. The Morgan fingerprint density at radius 2 is 2.50 bits per heavy atom. The average Bonchev–Trinajstić information content (AvgIpc) is 2.64. The Bertz CT molecular complexity index is 367. The smallest absolute Gasteiger partial charge is 0.266 e. The summed E-state index contributed by atoms with van der Waals surface area (Å²) < 4.78 is 6.79. The molecule has 2 heterocycles. The van der Waals surface area contributed by atoms with Gasteiger partial charge in [-0.1, -0.05) is 0 Å². The van der Waals surface area contributed by atoms with Gasteiger partial charge in [0, 0.05) is 25.1 Å². The molecule has 0 bridgehead atoms. The van der Waals surface area contributed by atoms with E-state index in [0.29, 0.717) is 12.5 Å². The Morgan fingerprint density at radius 3 is 3.21 bits per heavy atom. The van der Waals surface area contributed by atoms with Crippen molar-refractivity contribution >= 4 is 0 Å². The molecule has 1 atom stereocenters. The van der Waals surface area contributed by atoms with Crippen LogP contribution in [0.4, 0.5) is 0 Å². The molecule has 1 unspecified atom stereocenters. The lowest BCUT2D eigenvalue weighted by Crippen LogP contribution is -2.26. The highest BCUT2D eigenvalue weighted by Crippen LogP contribution is 2.13. The van der Waals surface area contributed by atoms with Crippen molar-refractivity contribution in [1.29, 1.82) is 0 Å². The Morgan fingerprint density at radius 1 is 1.64 bits per heavy atom. The lowest BCUT2D eigenvalue weighted by atomic mass is 10.1. The lowest BCUT2D eigenvalue weighted by Gasteiger charge is -2.09. The van der Waals surface area contributed by atoms with E-state index in [9.17, 15) is 4.79 Å². The molecular formula is C10H14N2O2. The van der Waals surface area contributed by atoms with E-state index in [4.69, 9.17) is 4.74 Å². The minimum Gasteiger partial charge on any atom is -0.381 e. The molecule has 0 aromatic carbocycles. The van der Waals surface area contributed by atoms with Gasteiger partial charge in [-0.25, -0.2) is 4.68 Å². The van der Waals surface area contributed by atoms with E-state index in [0.717, 1.165) is 25.3 Å². The SMILES string of the molecule is Cc1ccc(=O)n(CC2CCOC2)n1. The van der Waals surface area contributed by atoms with E-state index in [1.54, 1.807) is 12.1 Å².